The molecule has 0 unspecified atom stereocenters. The van der Waals surface area contributed by atoms with E-state index in [2.05, 4.69) is 14.5 Å². The van der Waals surface area contributed by atoms with E-state index in [1.54, 1.807) is 0 Å². The van der Waals surface area contributed by atoms with Crippen LogP contribution in [-0.4, -0.2) is 23.9 Å². The molecule has 124 valence electrons. The second kappa shape index (κ2) is 6.36. The van der Waals surface area contributed by atoms with Gasteiger partial charge in [0.25, 0.3) is 0 Å². The van der Waals surface area contributed by atoms with Gasteiger partial charge in [-0.2, -0.15) is 22.5 Å². The Kier molecular flexibility index (Phi) is 5.20. The zero-order chi connectivity index (χ0) is 17.1. The Hall–Kier alpha value is -2.07. The van der Waals surface area contributed by atoms with E-state index in [0.29, 0.717) is 0 Å². The van der Waals surface area contributed by atoms with Crippen molar-refractivity contribution < 1.29 is 45.0 Å². The zero-order valence-corrected chi connectivity index (χ0v) is 10.8. The van der Waals surface area contributed by atoms with Crippen molar-refractivity contribution >= 4 is 5.97 Å². The molecule has 0 spiro atoms. The van der Waals surface area contributed by atoms with Gasteiger partial charge < -0.3 is 9.47 Å². The van der Waals surface area contributed by atoms with Gasteiger partial charge in [0, 0.05) is 5.56 Å². The maximum atomic E-state index is 13.2. The van der Waals surface area contributed by atoms with Crippen molar-refractivity contribution in [2.75, 3.05) is 6.61 Å². The summed E-state index contributed by atoms with van der Waals surface area (Å²) in [6.07, 6.45) is -11.5. The summed E-state index contributed by atoms with van der Waals surface area (Å²) >= 11 is 0. The molecule has 0 aliphatic carbocycles. The molecule has 4 nitrogen and oxygen atoms in total. The Morgan fingerprint density at radius 2 is 1.82 bits per heavy atom. The molecule has 0 N–H and O–H groups in total. The quantitative estimate of drug-likeness (QED) is 0.481. The maximum absolute atomic E-state index is 13.2. The number of esters is 1. The first kappa shape index (κ1) is 18.0. The highest BCUT2D eigenvalue weighted by atomic mass is 19.4. The summed E-state index contributed by atoms with van der Waals surface area (Å²) in [7, 11) is 0. The summed E-state index contributed by atoms with van der Waals surface area (Å²) in [5, 5.41) is 0. The van der Waals surface area contributed by atoms with Crippen molar-refractivity contribution in [3.63, 3.8) is 0 Å². The van der Waals surface area contributed by atoms with Gasteiger partial charge >= 0.3 is 18.5 Å². The van der Waals surface area contributed by atoms with Crippen molar-refractivity contribution in [2.45, 2.75) is 25.9 Å². The highest BCUT2D eigenvalue weighted by molar-refractivity contribution is 5.73. The minimum atomic E-state index is -5.32. The summed E-state index contributed by atoms with van der Waals surface area (Å²) in [5.74, 6) is -4.79. The molecule has 1 rings (SSSR count). The molecule has 0 aromatic carbocycles. The predicted octanol–water partition coefficient (Wildman–Crippen LogP) is 3.24. The molecule has 1 aromatic rings. The monoisotopic (exact) mass is 335 g/mol. The molecule has 0 saturated carbocycles. The van der Waals surface area contributed by atoms with Crippen LogP contribution in [0.25, 0.3) is 0 Å². The smallest absolute Gasteiger partial charge is 0.466 e. The molecule has 0 amide bonds. The van der Waals surface area contributed by atoms with Crippen LogP contribution in [0.5, 0.6) is 5.88 Å². The number of pyridine rings is 1. The molecule has 0 saturated heterocycles. The molecular formula is C11H8F7NO3. The average molecular weight is 335 g/mol. The lowest BCUT2D eigenvalue weighted by Crippen LogP contribution is -2.22. The molecule has 0 bridgehead atoms. The second-order valence-corrected chi connectivity index (χ2v) is 3.82. The fourth-order valence-corrected chi connectivity index (χ4v) is 1.41. The first-order chi connectivity index (χ1) is 9.94. The Morgan fingerprint density at radius 1 is 1.23 bits per heavy atom. The molecule has 0 fully saturated rings. The Labute approximate surface area is 118 Å². The topological polar surface area (TPSA) is 48.4 Å². The number of hydrogen-bond acceptors (Lipinski definition) is 4. The number of carbonyl (C=O) groups excluding carboxylic acids is 1. The van der Waals surface area contributed by atoms with E-state index < -0.39 is 47.9 Å². The van der Waals surface area contributed by atoms with E-state index >= 15 is 0 Å². The van der Waals surface area contributed by atoms with E-state index in [0.717, 1.165) is 0 Å². The Morgan fingerprint density at radius 3 is 2.27 bits per heavy atom. The summed E-state index contributed by atoms with van der Waals surface area (Å²) in [4.78, 5) is 13.7. The molecule has 11 heteroatoms. The summed E-state index contributed by atoms with van der Waals surface area (Å²) in [6.45, 7) is 1.24. The van der Waals surface area contributed by atoms with E-state index in [1.165, 1.54) is 6.92 Å². The fraction of sp³-hybridized carbons (Fsp3) is 0.455. The third-order valence-corrected chi connectivity index (χ3v) is 2.17. The second-order valence-electron chi connectivity index (χ2n) is 3.82. The third-order valence-electron chi connectivity index (χ3n) is 2.17. The maximum Gasteiger partial charge on any atom is 0.574 e. The number of carbonyl (C=O) groups is 1. The highest BCUT2D eigenvalue weighted by Crippen LogP contribution is 2.35. The molecule has 0 aliphatic rings. The number of rotatable bonds is 4. The summed E-state index contributed by atoms with van der Waals surface area (Å²) in [5.41, 5.74) is -2.81. The van der Waals surface area contributed by atoms with Crippen molar-refractivity contribution in [2.24, 2.45) is 0 Å². The lowest BCUT2D eigenvalue weighted by Gasteiger charge is -2.15. The molecule has 1 aromatic heterocycles. The number of halogens is 7. The van der Waals surface area contributed by atoms with Gasteiger partial charge in [-0.25, -0.2) is 0 Å². The van der Waals surface area contributed by atoms with Crippen LogP contribution < -0.4 is 4.74 Å². The lowest BCUT2D eigenvalue weighted by atomic mass is 10.1. The molecule has 22 heavy (non-hydrogen) atoms. The SMILES string of the molecule is CCOC(=O)Cc1cc(C(F)(F)F)c(F)nc1OC(F)(F)F. The zero-order valence-electron chi connectivity index (χ0n) is 10.8. The van der Waals surface area contributed by atoms with Crippen molar-refractivity contribution in [1.29, 1.82) is 0 Å². The van der Waals surface area contributed by atoms with Crippen LogP contribution >= 0.6 is 0 Å². The van der Waals surface area contributed by atoms with Crippen molar-refractivity contribution in [3.05, 3.63) is 23.1 Å². The Bertz CT molecular complexity index is 554. The molecular weight excluding hydrogens is 327 g/mol. The van der Waals surface area contributed by atoms with Crippen LogP contribution in [0.2, 0.25) is 0 Å². The van der Waals surface area contributed by atoms with E-state index in [4.69, 9.17) is 0 Å². The number of ether oxygens (including phenoxy) is 2. The first-order valence-electron chi connectivity index (χ1n) is 5.62. The van der Waals surface area contributed by atoms with Crippen LogP contribution in [0, 0.1) is 5.95 Å². The summed E-state index contributed by atoms with van der Waals surface area (Å²) < 4.78 is 95.0. The molecule has 0 radical (unpaired) electrons. The van der Waals surface area contributed by atoms with E-state index in [1.807, 2.05) is 0 Å². The fourth-order valence-electron chi connectivity index (χ4n) is 1.41. The molecule has 1 heterocycles. The van der Waals surface area contributed by atoms with Gasteiger partial charge in [-0.15, -0.1) is 13.2 Å². The van der Waals surface area contributed by atoms with Crippen LogP contribution in [0.4, 0.5) is 30.7 Å². The van der Waals surface area contributed by atoms with Crippen LogP contribution in [0.3, 0.4) is 0 Å². The number of hydrogen-bond donors (Lipinski definition) is 0. The van der Waals surface area contributed by atoms with Crippen LogP contribution in [-0.2, 0) is 22.1 Å². The Balaban J connectivity index is 3.30. The van der Waals surface area contributed by atoms with Gasteiger partial charge in [-0.3, -0.25) is 4.79 Å². The standard InChI is InChI=1S/C11H8F7NO3/c1-2-21-7(20)4-5-3-6(10(13,14)15)8(12)19-9(5)22-11(16,17)18/h3H,2,4H2,1H3. The van der Waals surface area contributed by atoms with Crippen molar-refractivity contribution in [3.8, 4) is 5.88 Å². The van der Waals surface area contributed by atoms with E-state index in [-0.39, 0.29) is 12.7 Å². The van der Waals surface area contributed by atoms with Gasteiger partial charge in [-0.05, 0) is 13.0 Å². The normalized spacial score (nSPS) is 12.2. The van der Waals surface area contributed by atoms with Gasteiger partial charge in [0.1, 0.15) is 5.56 Å². The lowest BCUT2D eigenvalue weighted by molar-refractivity contribution is -0.276. The molecule has 0 atom stereocenters. The highest BCUT2D eigenvalue weighted by Gasteiger charge is 2.39. The predicted molar refractivity (Wildman–Crippen MR) is 56.2 cm³/mol. The number of alkyl halides is 6. The van der Waals surface area contributed by atoms with E-state index in [9.17, 15) is 35.5 Å². The summed E-state index contributed by atoms with van der Waals surface area (Å²) in [6, 6.07) is 0.0281. The van der Waals surface area contributed by atoms with Gasteiger partial charge in [-0.1, -0.05) is 0 Å². The molecule has 0 aliphatic heterocycles. The van der Waals surface area contributed by atoms with Crippen LogP contribution in [0.1, 0.15) is 18.1 Å². The van der Waals surface area contributed by atoms with Gasteiger partial charge in [0.05, 0.1) is 13.0 Å². The van der Waals surface area contributed by atoms with Gasteiger partial charge in [0.2, 0.25) is 11.8 Å². The van der Waals surface area contributed by atoms with Gasteiger partial charge in [0.15, 0.2) is 0 Å². The first-order valence-corrected chi connectivity index (χ1v) is 5.62. The van der Waals surface area contributed by atoms with Crippen molar-refractivity contribution in [1.82, 2.24) is 4.98 Å². The minimum absolute atomic E-state index is 0.0281. The third kappa shape index (κ3) is 5.04. The number of nitrogens with zero attached hydrogens (tertiary/aromatic N) is 1. The van der Waals surface area contributed by atoms with Crippen LogP contribution in [0.15, 0.2) is 6.07 Å². The number of aromatic nitrogens is 1. The largest absolute Gasteiger partial charge is 0.574 e. The minimum Gasteiger partial charge on any atom is -0.466 e. The average Bonchev–Trinajstić information content (AvgIpc) is 2.29.